The van der Waals surface area contributed by atoms with Crippen LogP contribution in [0.3, 0.4) is 0 Å². The van der Waals surface area contributed by atoms with Crippen LogP contribution in [0.5, 0.6) is 0 Å². The Morgan fingerprint density at radius 2 is 1.59 bits per heavy atom. The molecule has 2 aromatic carbocycles. The topological polar surface area (TPSA) is 83.5 Å². The third-order valence-corrected chi connectivity index (χ3v) is 3.51. The molecule has 0 atom stereocenters. The molecular weight excluding hydrogens is 323 g/mol. The smallest absolute Gasteiger partial charge is 0.294 e. The maximum atomic E-state index is 13.6. The summed E-state index contributed by atoms with van der Waals surface area (Å²) in [4.78, 5) is 11.2. The average molecular weight is 331 g/mol. The van der Waals surface area contributed by atoms with Gasteiger partial charge in [0.2, 0.25) is 0 Å². The van der Waals surface area contributed by atoms with E-state index < -0.39 is 43.9 Å². The van der Waals surface area contributed by atoms with Crippen molar-refractivity contribution in [2.24, 2.45) is 0 Å². The van der Waals surface area contributed by atoms with Gasteiger partial charge in [0.1, 0.15) is 5.82 Å². The Kier molecular flexibility index (Phi) is 4.20. The summed E-state index contributed by atoms with van der Waals surface area (Å²) >= 11 is 0. The minimum Gasteiger partial charge on any atom is -0.322 e. The zero-order valence-electron chi connectivity index (χ0n) is 10.7. The fourth-order valence-corrected chi connectivity index (χ4v) is 2.12. The fourth-order valence-electron chi connectivity index (χ4n) is 1.61. The minimum atomic E-state index is -4.62. The van der Waals surface area contributed by atoms with Crippen molar-refractivity contribution in [3.63, 3.8) is 0 Å². The van der Waals surface area contributed by atoms with Gasteiger partial charge >= 0.3 is 0 Å². The van der Waals surface area contributed by atoms with E-state index in [9.17, 15) is 26.4 Å². The summed E-state index contributed by atoms with van der Waals surface area (Å²) in [5, 5.41) is 2.08. The lowest BCUT2D eigenvalue weighted by atomic mass is 10.2. The van der Waals surface area contributed by atoms with Gasteiger partial charge in [-0.3, -0.25) is 9.35 Å². The van der Waals surface area contributed by atoms with Crippen LogP contribution >= 0.6 is 0 Å². The van der Waals surface area contributed by atoms with E-state index in [2.05, 4.69) is 5.32 Å². The van der Waals surface area contributed by atoms with E-state index in [1.54, 1.807) is 0 Å². The quantitative estimate of drug-likeness (QED) is 0.847. The van der Waals surface area contributed by atoms with E-state index in [4.69, 9.17) is 4.55 Å². The molecule has 0 bridgehead atoms. The van der Waals surface area contributed by atoms with Crippen molar-refractivity contribution >= 4 is 21.7 Å². The number of amides is 1. The van der Waals surface area contributed by atoms with E-state index in [0.29, 0.717) is 18.2 Å². The number of anilines is 1. The third kappa shape index (κ3) is 3.43. The summed E-state index contributed by atoms with van der Waals surface area (Å²) in [6.45, 7) is 0. The molecule has 0 radical (unpaired) electrons. The molecule has 0 fully saturated rings. The van der Waals surface area contributed by atoms with E-state index in [-0.39, 0.29) is 5.69 Å². The molecule has 2 N–H and O–H groups in total. The van der Waals surface area contributed by atoms with Crippen molar-refractivity contribution in [1.29, 1.82) is 0 Å². The molecule has 0 saturated carbocycles. The van der Waals surface area contributed by atoms with E-state index in [0.717, 1.165) is 18.2 Å². The molecule has 2 aromatic rings. The highest BCUT2D eigenvalue weighted by atomic mass is 32.2. The number of hydrogen-bond acceptors (Lipinski definition) is 3. The van der Waals surface area contributed by atoms with Gasteiger partial charge in [-0.2, -0.15) is 8.42 Å². The van der Waals surface area contributed by atoms with Gasteiger partial charge in [-0.15, -0.1) is 0 Å². The summed E-state index contributed by atoms with van der Waals surface area (Å²) in [5.41, 5.74) is -0.833. The van der Waals surface area contributed by atoms with Crippen molar-refractivity contribution < 1.29 is 30.9 Å². The Hall–Kier alpha value is -2.39. The Morgan fingerprint density at radius 1 is 0.955 bits per heavy atom. The lowest BCUT2D eigenvalue weighted by Gasteiger charge is -2.07. The van der Waals surface area contributed by atoms with Crippen LogP contribution in [0.1, 0.15) is 10.4 Å². The number of carbonyl (C=O) groups is 1. The number of nitrogens with one attached hydrogen (secondary N) is 1. The van der Waals surface area contributed by atoms with Crippen LogP contribution in [0.4, 0.5) is 18.9 Å². The van der Waals surface area contributed by atoms with Crippen LogP contribution < -0.4 is 5.32 Å². The highest BCUT2D eigenvalue weighted by Gasteiger charge is 2.18. The van der Waals surface area contributed by atoms with Crippen LogP contribution in [-0.4, -0.2) is 18.9 Å². The summed E-state index contributed by atoms with van der Waals surface area (Å²) < 4.78 is 70.2. The Balaban J connectivity index is 2.35. The van der Waals surface area contributed by atoms with Crippen molar-refractivity contribution in [3.8, 4) is 0 Å². The zero-order valence-corrected chi connectivity index (χ0v) is 11.5. The molecule has 22 heavy (non-hydrogen) atoms. The van der Waals surface area contributed by atoms with Crippen LogP contribution in [-0.2, 0) is 10.1 Å². The first-order valence-electron chi connectivity index (χ1n) is 5.72. The first kappa shape index (κ1) is 16.0. The summed E-state index contributed by atoms with van der Waals surface area (Å²) in [7, 11) is -4.62. The molecule has 0 heterocycles. The molecule has 0 spiro atoms. The molecular formula is C13H8F3NO4S. The van der Waals surface area contributed by atoms with Gasteiger partial charge < -0.3 is 5.32 Å². The van der Waals surface area contributed by atoms with Gasteiger partial charge in [-0.1, -0.05) is 0 Å². The van der Waals surface area contributed by atoms with Crippen LogP contribution in [0.2, 0.25) is 0 Å². The Morgan fingerprint density at radius 3 is 2.18 bits per heavy atom. The molecule has 0 aliphatic rings. The fraction of sp³-hybridized carbons (Fsp3) is 0. The van der Waals surface area contributed by atoms with Gasteiger partial charge in [-0.05, 0) is 30.3 Å². The molecule has 1 amide bonds. The van der Waals surface area contributed by atoms with Gasteiger partial charge in [0, 0.05) is 11.8 Å². The Bertz CT molecular complexity index is 852. The lowest BCUT2D eigenvalue weighted by molar-refractivity contribution is 0.102. The summed E-state index contributed by atoms with van der Waals surface area (Å²) in [5.74, 6) is -4.48. The first-order valence-corrected chi connectivity index (χ1v) is 7.16. The van der Waals surface area contributed by atoms with Crippen molar-refractivity contribution in [2.75, 3.05) is 5.32 Å². The molecule has 5 nitrogen and oxygen atoms in total. The second kappa shape index (κ2) is 5.78. The highest BCUT2D eigenvalue weighted by molar-refractivity contribution is 7.85. The number of hydrogen-bond donors (Lipinski definition) is 2. The highest BCUT2D eigenvalue weighted by Crippen LogP contribution is 2.18. The molecule has 0 aliphatic carbocycles. The molecule has 116 valence electrons. The summed E-state index contributed by atoms with van der Waals surface area (Å²) in [6, 6.07) is 4.57. The number of rotatable bonds is 3. The number of benzene rings is 2. The SMILES string of the molecule is O=C(Nc1ccc(F)c(F)c1)c1cc(S(=O)(=O)O)ccc1F. The second-order valence-corrected chi connectivity index (χ2v) is 5.62. The molecule has 2 rings (SSSR count). The van der Waals surface area contributed by atoms with Crippen molar-refractivity contribution in [1.82, 2.24) is 0 Å². The maximum Gasteiger partial charge on any atom is 0.294 e. The van der Waals surface area contributed by atoms with Crippen LogP contribution in [0, 0.1) is 17.5 Å². The number of carbonyl (C=O) groups excluding carboxylic acids is 1. The predicted octanol–water partition coefficient (Wildman–Crippen LogP) is 2.60. The average Bonchev–Trinajstić information content (AvgIpc) is 2.42. The minimum absolute atomic E-state index is 0.152. The van der Waals surface area contributed by atoms with E-state index in [1.807, 2.05) is 0 Å². The predicted molar refractivity (Wildman–Crippen MR) is 70.5 cm³/mol. The normalized spacial score (nSPS) is 11.3. The van der Waals surface area contributed by atoms with Gasteiger partial charge in [0.15, 0.2) is 11.6 Å². The van der Waals surface area contributed by atoms with Gasteiger partial charge in [0.25, 0.3) is 16.0 Å². The zero-order chi connectivity index (χ0) is 16.5. The van der Waals surface area contributed by atoms with Crippen molar-refractivity contribution in [2.45, 2.75) is 4.90 Å². The molecule has 0 unspecified atom stereocenters. The van der Waals surface area contributed by atoms with Crippen LogP contribution in [0.15, 0.2) is 41.3 Å². The lowest BCUT2D eigenvalue weighted by Crippen LogP contribution is -2.15. The molecule has 0 saturated heterocycles. The molecule has 0 aliphatic heterocycles. The van der Waals surface area contributed by atoms with Crippen LogP contribution in [0.25, 0.3) is 0 Å². The van der Waals surface area contributed by atoms with Gasteiger partial charge in [0.05, 0.1) is 10.5 Å². The van der Waals surface area contributed by atoms with E-state index >= 15 is 0 Å². The third-order valence-electron chi connectivity index (χ3n) is 2.66. The monoisotopic (exact) mass is 331 g/mol. The van der Waals surface area contributed by atoms with E-state index in [1.165, 1.54) is 0 Å². The largest absolute Gasteiger partial charge is 0.322 e. The summed E-state index contributed by atoms with van der Waals surface area (Å²) in [6.07, 6.45) is 0. The molecule has 0 aromatic heterocycles. The Labute approximate surface area is 123 Å². The molecule has 9 heteroatoms. The maximum absolute atomic E-state index is 13.6. The number of halogens is 3. The second-order valence-electron chi connectivity index (χ2n) is 4.20. The standard InChI is InChI=1S/C13H8F3NO4S/c14-10-4-2-8(22(19,20)21)6-9(10)13(18)17-7-1-3-11(15)12(16)5-7/h1-6H,(H,17,18)(H,19,20,21). The first-order chi connectivity index (χ1) is 10.2. The van der Waals surface area contributed by atoms with Crippen molar-refractivity contribution in [3.05, 3.63) is 59.4 Å². The van der Waals surface area contributed by atoms with Gasteiger partial charge in [-0.25, -0.2) is 13.2 Å².